The van der Waals surface area contributed by atoms with Gasteiger partial charge in [-0.25, -0.2) is 0 Å². The van der Waals surface area contributed by atoms with Crippen LogP contribution in [0, 0.1) is 0 Å². The Kier molecular flexibility index (Phi) is 6.57. The molecule has 0 aliphatic heterocycles. The van der Waals surface area contributed by atoms with Gasteiger partial charge in [0.25, 0.3) is 0 Å². The highest BCUT2D eigenvalue weighted by Gasteiger charge is 2.08. The largest absolute Gasteiger partial charge is 0.403 e. The molecule has 1 rings (SSSR count). The minimum absolute atomic E-state index is 0.428. The van der Waals surface area contributed by atoms with Gasteiger partial charge in [0, 0.05) is 6.20 Å². The highest BCUT2D eigenvalue weighted by Crippen LogP contribution is 2.26. The molecule has 0 bridgehead atoms. The molecule has 0 aliphatic rings. The van der Waals surface area contributed by atoms with E-state index in [2.05, 4.69) is 49.7 Å². The summed E-state index contributed by atoms with van der Waals surface area (Å²) in [5, 5.41) is 0. The Morgan fingerprint density at radius 3 is 2.45 bits per heavy atom. The number of allylic oxidation sites excluding steroid dienone is 1. The van der Waals surface area contributed by atoms with Crippen molar-refractivity contribution in [3.05, 3.63) is 53.9 Å². The summed E-state index contributed by atoms with van der Waals surface area (Å²) in [6.07, 6.45) is 6.44. The van der Waals surface area contributed by atoms with E-state index in [1.165, 1.54) is 37.2 Å². The van der Waals surface area contributed by atoms with Crippen LogP contribution in [0.4, 0.5) is 0 Å². The standard InChI is InChI=1S/C17H25N3/c1-4-6-14(5-2)16-9-7-15(8-10-16)13(3)20-12-17(19)11-18/h7-12,14H,3-6,18-19H2,1-2H3/b17-11+,20-12?. The topological polar surface area (TPSA) is 64.4 Å². The predicted octanol–water partition coefficient (Wildman–Crippen LogP) is 3.78. The summed E-state index contributed by atoms with van der Waals surface area (Å²) < 4.78 is 0. The van der Waals surface area contributed by atoms with Gasteiger partial charge in [-0.15, -0.1) is 0 Å². The maximum Gasteiger partial charge on any atom is 0.0657 e. The van der Waals surface area contributed by atoms with E-state index in [9.17, 15) is 0 Å². The normalized spacial score (nSPS) is 13.6. The summed E-state index contributed by atoms with van der Waals surface area (Å²) in [5.41, 5.74) is 14.3. The van der Waals surface area contributed by atoms with E-state index in [0.29, 0.717) is 17.3 Å². The van der Waals surface area contributed by atoms with Crippen LogP contribution in [0.2, 0.25) is 0 Å². The second-order valence-electron chi connectivity index (χ2n) is 4.89. The maximum atomic E-state index is 5.56. The third-order valence-electron chi connectivity index (χ3n) is 3.41. The summed E-state index contributed by atoms with van der Waals surface area (Å²) in [6.45, 7) is 8.40. The van der Waals surface area contributed by atoms with Crippen molar-refractivity contribution in [3.8, 4) is 0 Å². The molecule has 1 aromatic rings. The lowest BCUT2D eigenvalue weighted by atomic mass is 9.91. The molecular weight excluding hydrogens is 246 g/mol. The Hall–Kier alpha value is -2.03. The molecule has 108 valence electrons. The fraction of sp³-hybridized carbons (Fsp3) is 0.353. The molecular formula is C17H25N3. The van der Waals surface area contributed by atoms with Gasteiger partial charge in [0.1, 0.15) is 0 Å². The monoisotopic (exact) mass is 271 g/mol. The molecule has 0 heterocycles. The van der Waals surface area contributed by atoms with E-state index >= 15 is 0 Å². The van der Waals surface area contributed by atoms with E-state index in [4.69, 9.17) is 11.5 Å². The van der Waals surface area contributed by atoms with Crippen molar-refractivity contribution in [2.45, 2.75) is 39.0 Å². The summed E-state index contributed by atoms with van der Waals surface area (Å²) >= 11 is 0. The number of hydrogen-bond donors (Lipinski definition) is 2. The summed E-state index contributed by atoms with van der Waals surface area (Å²) in [4.78, 5) is 4.20. The van der Waals surface area contributed by atoms with Crippen molar-refractivity contribution in [3.63, 3.8) is 0 Å². The molecule has 3 nitrogen and oxygen atoms in total. The van der Waals surface area contributed by atoms with E-state index in [1.807, 2.05) is 0 Å². The van der Waals surface area contributed by atoms with Crippen LogP contribution < -0.4 is 11.5 Å². The Morgan fingerprint density at radius 2 is 1.95 bits per heavy atom. The first-order valence-corrected chi connectivity index (χ1v) is 7.13. The first kappa shape index (κ1) is 16.0. The average molecular weight is 271 g/mol. The van der Waals surface area contributed by atoms with Crippen LogP contribution in [0.15, 0.2) is 47.7 Å². The molecule has 0 aliphatic carbocycles. The Labute approximate surface area is 122 Å². The number of benzene rings is 1. The predicted molar refractivity (Wildman–Crippen MR) is 88.4 cm³/mol. The van der Waals surface area contributed by atoms with Gasteiger partial charge >= 0.3 is 0 Å². The minimum atomic E-state index is 0.428. The van der Waals surface area contributed by atoms with Gasteiger partial charge in [0.2, 0.25) is 0 Å². The van der Waals surface area contributed by atoms with Gasteiger partial charge in [0.05, 0.1) is 17.6 Å². The lowest BCUT2D eigenvalue weighted by Crippen LogP contribution is -2.01. The first-order chi connectivity index (χ1) is 9.62. The van der Waals surface area contributed by atoms with Crippen molar-refractivity contribution >= 4 is 11.9 Å². The molecule has 0 saturated heterocycles. The smallest absolute Gasteiger partial charge is 0.0657 e. The van der Waals surface area contributed by atoms with Crippen LogP contribution >= 0.6 is 0 Å². The molecule has 0 aromatic heterocycles. The van der Waals surface area contributed by atoms with Gasteiger partial charge < -0.3 is 11.5 Å². The Balaban J connectivity index is 2.80. The van der Waals surface area contributed by atoms with Crippen LogP contribution in [0.3, 0.4) is 0 Å². The molecule has 0 amide bonds. The average Bonchev–Trinajstić information content (AvgIpc) is 2.50. The van der Waals surface area contributed by atoms with Gasteiger partial charge in [-0.2, -0.15) is 0 Å². The summed E-state index contributed by atoms with van der Waals surface area (Å²) in [6, 6.07) is 8.47. The van der Waals surface area contributed by atoms with Gasteiger partial charge in [-0.05, 0) is 29.9 Å². The highest BCUT2D eigenvalue weighted by atomic mass is 14.8. The number of aliphatic imine (C=N–C) groups is 1. The number of rotatable bonds is 7. The zero-order valence-electron chi connectivity index (χ0n) is 12.5. The molecule has 0 radical (unpaired) electrons. The van der Waals surface area contributed by atoms with Crippen molar-refractivity contribution in [1.29, 1.82) is 0 Å². The van der Waals surface area contributed by atoms with E-state index in [-0.39, 0.29) is 0 Å². The minimum Gasteiger partial charge on any atom is -0.403 e. The molecule has 1 unspecified atom stereocenters. The van der Waals surface area contributed by atoms with Crippen LogP contribution in [0.25, 0.3) is 5.70 Å². The third-order valence-corrected chi connectivity index (χ3v) is 3.41. The van der Waals surface area contributed by atoms with Crippen LogP contribution in [0.1, 0.15) is 50.2 Å². The lowest BCUT2D eigenvalue weighted by molar-refractivity contribution is 0.596. The van der Waals surface area contributed by atoms with Crippen molar-refractivity contribution in [2.24, 2.45) is 16.5 Å². The van der Waals surface area contributed by atoms with Crippen LogP contribution in [-0.2, 0) is 0 Å². The fourth-order valence-corrected chi connectivity index (χ4v) is 2.17. The molecule has 0 fully saturated rings. The van der Waals surface area contributed by atoms with Crippen molar-refractivity contribution < 1.29 is 0 Å². The highest BCUT2D eigenvalue weighted by molar-refractivity contribution is 5.83. The van der Waals surface area contributed by atoms with Gasteiger partial charge in [-0.3, -0.25) is 4.99 Å². The second-order valence-corrected chi connectivity index (χ2v) is 4.89. The molecule has 20 heavy (non-hydrogen) atoms. The molecule has 1 atom stereocenters. The van der Waals surface area contributed by atoms with E-state index < -0.39 is 0 Å². The zero-order valence-corrected chi connectivity index (χ0v) is 12.5. The molecule has 3 heteroatoms. The van der Waals surface area contributed by atoms with Gasteiger partial charge in [-0.1, -0.05) is 51.1 Å². The van der Waals surface area contributed by atoms with E-state index in [1.54, 1.807) is 0 Å². The fourth-order valence-electron chi connectivity index (χ4n) is 2.17. The van der Waals surface area contributed by atoms with Crippen LogP contribution in [-0.4, -0.2) is 6.21 Å². The second kappa shape index (κ2) is 8.20. The quantitative estimate of drug-likeness (QED) is 0.741. The number of nitrogens with zero attached hydrogens (tertiary/aromatic N) is 1. The number of nitrogens with two attached hydrogens (primary N) is 2. The Morgan fingerprint density at radius 1 is 1.30 bits per heavy atom. The molecule has 4 N–H and O–H groups in total. The maximum absolute atomic E-state index is 5.56. The summed E-state index contributed by atoms with van der Waals surface area (Å²) in [7, 11) is 0. The lowest BCUT2D eigenvalue weighted by Gasteiger charge is -2.14. The van der Waals surface area contributed by atoms with Gasteiger partial charge in [0.15, 0.2) is 0 Å². The molecule has 0 spiro atoms. The number of hydrogen-bond acceptors (Lipinski definition) is 3. The van der Waals surface area contributed by atoms with Crippen molar-refractivity contribution in [1.82, 2.24) is 0 Å². The molecule has 1 aromatic carbocycles. The zero-order chi connectivity index (χ0) is 15.0. The first-order valence-electron chi connectivity index (χ1n) is 7.13. The summed E-state index contributed by atoms with van der Waals surface area (Å²) in [5.74, 6) is 0.640. The third kappa shape index (κ3) is 4.57. The molecule has 0 saturated carbocycles. The van der Waals surface area contributed by atoms with Crippen LogP contribution in [0.5, 0.6) is 0 Å². The SMILES string of the molecule is C=C(N=C/C(N)=C\N)c1ccc(C(CC)CCC)cc1. The van der Waals surface area contributed by atoms with Crippen molar-refractivity contribution in [2.75, 3.05) is 0 Å². The Bertz CT molecular complexity index is 483. The van der Waals surface area contributed by atoms with E-state index in [0.717, 1.165) is 5.56 Å².